The highest BCUT2D eigenvalue weighted by molar-refractivity contribution is 7.89. The van der Waals surface area contributed by atoms with Crippen LogP contribution in [-0.4, -0.2) is 13.0 Å². The van der Waals surface area contributed by atoms with Crippen LogP contribution in [0.25, 0.3) is 10.9 Å². The van der Waals surface area contributed by atoms with Crippen LogP contribution in [0.15, 0.2) is 41.4 Å². The van der Waals surface area contributed by atoms with Crippen molar-refractivity contribution in [3.05, 3.63) is 64.6 Å². The zero-order valence-corrected chi connectivity index (χ0v) is 16.2. The van der Waals surface area contributed by atoms with Gasteiger partial charge in [0.25, 0.3) is 0 Å². The summed E-state index contributed by atoms with van der Waals surface area (Å²) >= 11 is 0. The van der Waals surface area contributed by atoms with E-state index in [2.05, 4.69) is 0 Å². The van der Waals surface area contributed by atoms with Gasteiger partial charge in [-0.25, -0.2) is 17.9 Å². The number of aryl methyl sites for hydroxylation is 3. The van der Waals surface area contributed by atoms with E-state index in [4.69, 9.17) is 5.14 Å². The molecule has 0 saturated carbocycles. The van der Waals surface area contributed by atoms with Crippen molar-refractivity contribution in [2.24, 2.45) is 5.14 Å². The van der Waals surface area contributed by atoms with E-state index >= 15 is 0 Å². The zero-order valence-electron chi connectivity index (χ0n) is 15.4. The molecule has 0 unspecified atom stereocenters. The highest BCUT2D eigenvalue weighted by Gasteiger charge is 2.22. The smallest absolute Gasteiger partial charge is 0.238 e. The number of primary sulfonamides is 1. The fraction of sp³-hybridized carbons (Fsp3) is 0.300. The Morgan fingerprint density at radius 3 is 2.50 bits per heavy atom. The Hall–Kier alpha value is -2.18. The Labute approximate surface area is 153 Å². The minimum Gasteiger partial charge on any atom is -0.344 e. The lowest BCUT2D eigenvalue weighted by Crippen LogP contribution is -2.19. The first-order valence-electron chi connectivity index (χ1n) is 8.47. The van der Waals surface area contributed by atoms with Gasteiger partial charge in [-0.3, -0.25) is 0 Å². The van der Waals surface area contributed by atoms with Gasteiger partial charge in [-0.2, -0.15) is 0 Å². The van der Waals surface area contributed by atoms with Crippen molar-refractivity contribution < 1.29 is 12.8 Å². The van der Waals surface area contributed by atoms with Gasteiger partial charge in [-0.15, -0.1) is 0 Å². The number of fused-ring (bicyclic) bond motifs is 1. The monoisotopic (exact) mass is 374 g/mol. The average Bonchev–Trinajstić information content (AvgIpc) is 2.82. The van der Waals surface area contributed by atoms with Crippen LogP contribution < -0.4 is 5.14 Å². The number of halogens is 1. The second-order valence-corrected chi connectivity index (χ2v) is 8.54. The largest absolute Gasteiger partial charge is 0.344 e. The summed E-state index contributed by atoms with van der Waals surface area (Å²) in [6, 6.07) is 8.69. The van der Waals surface area contributed by atoms with E-state index in [0.29, 0.717) is 23.2 Å². The van der Waals surface area contributed by atoms with E-state index in [0.717, 1.165) is 16.5 Å². The second kappa shape index (κ2) is 6.52. The molecule has 1 atom stereocenters. The third-order valence-corrected chi connectivity index (χ3v) is 5.91. The molecule has 0 aliphatic carbocycles. The number of sulfonamides is 1. The van der Waals surface area contributed by atoms with Crippen molar-refractivity contribution in [1.29, 1.82) is 0 Å². The first-order chi connectivity index (χ1) is 12.1. The van der Waals surface area contributed by atoms with Crippen LogP contribution in [0.3, 0.4) is 0 Å². The number of rotatable bonds is 4. The van der Waals surface area contributed by atoms with Crippen LogP contribution in [0.2, 0.25) is 0 Å². The highest BCUT2D eigenvalue weighted by Crippen LogP contribution is 2.31. The number of para-hydroxylation sites is 1. The fourth-order valence-electron chi connectivity index (χ4n) is 3.77. The van der Waals surface area contributed by atoms with Crippen molar-refractivity contribution in [1.82, 2.24) is 4.57 Å². The minimum atomic E-state index is -3.85. The number of aromatic nitrogens is 1. The minimum absolute atomic E-state index is 0.156. The summed E-state index contributed by atoms with van der Waals surface area (Å²) in [6.07, 6.45) is 1.91. The molecule has 1 aromatic heterocycles. The van der Waals surface area contributed by atoms with E-state index < -0.39 is 10.0 Å². The molecular formula is C20H23FN2O2S. The molecule has 0 spiro atoms. The number of nitrogens with zero attached hydrogens (tertiary/aromatic N) is 1. The molecule has 0 radical (unpaired) electrons. The topological polar surface area (TPSA) is 65.1 Å². The van der Waals surface area contributed by atoms with Crippen molar-refractivity contribution in [3.63, 3.8) is 0 Å². The molecule has 6 heteroatoms. The van der Waals surface area contributed by atoms with Gasteiger partial charge in [-0.1, -0.05) is 36.8 Å². The second-order valence-electron chi connectivity index (χ2n) is 7.05. The molecule has 2 N–H and O–H groups in total. The van der Waals surface area contributed by atoms with Gasteiger partial charge in [0, 0.05) is 24.0 Å². The molecule has 0 bridgehead atoms. The summed E-state index contributed by atoms with van der Waals surface area (Å²) < 4.78 is 40.5. The molecule has 2 aromatic carbocycles. The summed E-state index contributed by atoms with van der Waals surface area (Å²) in [4.78, 5) is 0.171. The Morgan fingerprint density at radius 2 is 1.85 bits per heavy atom. The molecule has 3 aromatic rings. The van der Waals surface area contributed by atoms with Gasteiger partial charge in [0.2, 0.25) is 10.0 Å². The first-order valence-corrected chi connectivity index (χ1v) is 10.0. The van der Waals surface area contributed by atoms with Gasteiger partial charge in [0.1, 0.15) is 5.82 Å². The average molecular weight is 374 g/mol. The lowest BCUT2D eigenvalue weighted by atomic mass is 9.96. The Kier molecular flexibility index (Phi) is 4.67. The van der Waals surface area contributed by atoms with E-state index in [1.165, 1.54) is 6.07 Å². The van der Waals surface area contributed by atoms with Crippen LogP contribution in [-0.2, 0) is 16.6 Å². The molecule has 1 heterocycles. The predicted molar refractivity (Wildman–Crippen MR) is 102 cm³/mol. The lowest BCUT2D eigenvalue weighted by molar-refractivity contribution is 0.572. The molecule has 0 amide bonds. The molecule has 0 saturated heterocycles. The quantitative estimate of drug-likeness (QED) is 0.745. The van der Waals surface area contributed by atoms with Gasteiger partial charge in [-0.05, 0) is 43.5 Å². The number of hydrogen-bond acceptors (Lipinski definition) is 2. The highest BCUT2D eigenvalue weighted by atomic mass is 32.2. The van der Waals surface area contributed by atoms with E-state index in [1.54, 1.807) is 13.0 Å². The van der Waals surface area contributed by atoms with Crippen LogP contribution in [0.4, 0.5) is 4.39 Å². The maximum atomic E-state index is 14.4. The molecule has 4 nitrogen and oxygen atoms in total. The van der Waals surface area contributed by atoms with Gasteiger partial charge < -0.3 is 4.57 Å². The lowest BCUT2D eigenvalue weighted by Gasteiger charge is -2.19. The standard InChI is InChI=1S/C20H23FN2O2S/c1-12-8-13(2)20(26(22,24)25)17(9-12)15(4)11-23-10-14(3)16-6-5-7-18(21)19(16)23/h5-10,15H,11H2,1-4H3,(H2,22,24,25)/t15-/m1/s1. The molecule has 0 aliphatic heterocycles. The summed E-state index contributed by atoms with van der Waals surface area (Å²) in [5.41, 5.74) is 3.79. The van der Waals surface area contributed by atoms with E-state index in [-0.39, 0.29) is 16.6 Å². The van der Waals surface area contributed by atoms with Crippen molar-refractivity contribution in [3.8, 4) is 0 Å². The van der Waals surface area contributed by atoms with E-state index in [1.807, 2.05) is 49.7 Å². The van der Waals surface area contributed by atoms with Gasteiger partial charge in [0.05, 0.1) is 10.4 Å². The number of benzene rings is 2. The van der Waals surface area contributed by atoms with Crippen LogP contribution in [0.5, 0.6) is 0 Å². The van der Waals surface area contributed by atoms with Crippen LogP contribution in [0.1, 0.15) is 35.1 Å². The number of hydrogen-bond donors (Lipinski definition) is 1. The van der Waals surface area contributed by atoms with Crippen molar-refractivity contribution in [2.45, 2.75) is 45.1 Å². The zero-order chi connectivity index (χ0) is 19.2. The Balaban J connectivity index is 2.12. The first kappa shape index (κ1) is 18.6. The molecule has 0 fully saturated rings. The summed E-state index contributed by atoms with van der Waals surface area (Å²) in [6.45, 7) is 8.00. The third kappa shape index (κ3) is 3.27. The van der Waals surface area contributed by atoms with Crippen LogP contribution >= 0.6 is 0 Å². The maximum absolute atomic E-state index is 14.4. The third-order valence-electron chi connectivity index (χ3n) is 4.78. The van der Waals surface area contributed by atoms with Gasteiger partial charge >= 0.3 is 0 Å². The Bertz CT molecular complexity index is 1100. The SMILES string of the molecule is Cc1cc(C)c(S(N)(=O)=O)c([C@H](C)Cn2cc(C)c3cccc(F)c32)c1. The molecular weight excluding hydrogens is 351 g/mol. The summed E-state index contributed by atoms with van der Waals surface area (Å²) in [7, 11) is -3.85. The van der Waals surface area contributed by atoms with Gasteiger partial charge in [0.15, 0.2) is 0 Å². The molecule has 3 rings (SSSR count). The normalized spacial score (nSPS) is 13.3. The predicted octanol–water partition coefficient (Wildman–Crippen LogP) is 4.16. The molecule has 0 aliphatic rings. The number of nitrogens with two attached hydrogens (primary N) is 1. The molecule has 138 valence electrons. The summed E-state index contributed by atoms with van der Waals surface area (Å²) in [5.74, 6) is -0.438. The summed E-state index contributed by atoms with van der Waals surface area (Å²) in [5, 5.41) is 6.33. The van der Waals surface area contributed by atoms with Crippen LogP contribution in [0, 0.1) is 26.6 Å². The van der Waals surface area contributed by atoms with E-state index in [9.17, 15) is 12.8 Å². The van der Waals surface area contributed by atoms with Crippen molar-refractivity contribution >= 4 is 20.9 Å². The van der Waals surface area contributed by atoms with Crippen molar-refractivity contribution in [2.75, 3.05) is 0 Å². The molecule has 26 heavy (non-hydrogen) atoms. The fourth-order valence-corrected chi connectivity index (χ4v) is 4.87. The Morgan fingerprint density at radius 1 is 1.15 bits per heavy atom. The maximum Gasteiger partial charge on any atom is 0.238 e.